The van der Waals surface area contributed by atoms with Crippen molar-refractivity contribution in [3.8, 4) is 11.1 Å². The van der Waals surface area contributed by atoms with E-state index in [0.29, 0.717) is 5.92 Å². The van der Waals surface area contributed by atoms with Crippen LogP contribution in [0.4, 0.5) is 11.5 Å². The number of aromatic nitrogens is 5. The van der Waals surface area contributed by atoms with Crippen LogP contribution in [0, 0.1) is 0 Å². The fourth-order valence-electron chi connectivity index (χ4n) is 4.33. The number of rotatable bonds is 4. The van der Waals surface area contributed by atoms with Crippen LogP contribution in [0.2, 0.25) is 0 Å². The van der Waals surface area contributed by atoms with Crippen LogP contribution in [0.3, 0.4) is 0 Å². The van der Waals surface area contributed by atoms with Crippen LogP contribution in [0.5, 0.6) is 0 Å². The summed E-state index contributed by atoms with van der Waals surface area (Å²) in [4.78, 5) is 9.43. The van der Waals surface area contributed by atoms with E-state index in [4.69, 9.17) is 9.72 Å². The number of nitrogens with one attached hydrogen (secondary N) is 2. The molecule has 0 unspecified atom stereocenters. The molecular weight excluding hydrogens is 388 g/mol. The van der Waals surface area contributed by atoms with E-state index in [0.717, 1.165) is 65.4 Å². The van der Waals surface area contributed by atoms with E-state index >= 15 is 0 Å². The normalized spacial score (nSPS) is 15.0. The van der Waals surface area contributed by atoms with Crippen molar-refractivity contribution >= 4 is 28.2 Å². The van der Waals surface area contributed by atoms with Gasteiger partial charge in [-0.3, -0.25) is 9.50 Å². The van der Waals surface area contributed by atoms with Gasteiger partial charge in [0, 0.05) is 43.1 Å². The molecule has 7 heteroatoms. The molecule has 1 aliphatic rings. The summed E-state index contributed by atoms with van der Waals surface area (Å²) in [5, 5.41) is 10.4. The minimum absolute atomic E-state index is 0.588. The molecule has 4 heterocycles. The molecule has 0 bridgehead atoms. The summed E-state index contributed by atoms with van der Waals surface area (Å²) in [6.07, 6.45) is 9.67. The monoisotopic (exact) mass is 410 g/mol. The molecule has 0 atom stereocenters. The van der Waals surface area contributed by atoms with Crippen LogP contribution >= 0.6 is 0 Å². The van der Waals surface area contributed by atoms with Crippen molar-refractivity contribution in [1.29, 1.82) is 0 Å². The van der Waals surface area contributed by atoms with Gasteiger partial charge < -0.3 is 10.1 Å². The Morgan fingerprint density at radius 1 is 1.03 bits per heavy atom. The summed E-state index contributed by atoms with van der Waals surface area (Å²) in [6, 6.07) is 14.9. The fourth-order valence-corrected chi connectivity index (χ4v) is 4.33. The Morgan fingerprint density at radius 2 is 1.90 bits per heavy atom. The minimum atomic E-state index is 0.588. The third-order valence-corrected chi connectivity index (χ3v) is 6.02. The molecule has 7 nitrogen and oxygen atoms in total. The molecule has 5 aromatic rings. The molecule has 3 aromatic heterocycles. The number of benzene rings is 2. The van der Waals surface area contributed by atoms with Gasteiger partial charge in [0.2, 0.25) is 0 Å². The number of aromatic amines is 1. The highest BCUT2D eigenvalue weighted by Gasteiger charge is 2.16. The van der Waals surface area contributed by atoms with Gasteiger partial charge in [0.25, 0.3) is 0 Å². The highest BCUT2D eigenvalue weighted by molar-refractivity contribution is 5.87. The Hall–Kier alpha value is -3.71. The SMILES string of the molecule is c1cn2c(n1)c(Nc1ccc(C3CCOCC3)cc1)nc1ccc(-c3cn[nH]c3)cc12. The van der Waals surface area contributed by atoms with Crippen molar-refractivity contribution < 1.29 is 4.74 Å². The highest BCUT2D eigenvalue weighted by Crippen LogP contribution is 2.30. The maximum atomic E-state index is 5.49. The molecule has 6 rings (SSSR count). The smallest absolute Gasteiger partial charge is 0.180 e. The molecule has 1 aliphatic heterocycles. The average Bonchev–Trinajstić information content (AvgIpc) is 3.53. The molecule has 0 spiro atoms. The van der Waals surface area contributed by atoms with E-state index in [1.165, 1.54) is 5.56 Å². The van der Waals surface area contributed by atoms with E-state index in [1.807, 2.05) is 24.7 Å². The van der Waals surface area contributed by atoms with Gasteiger partial charge >= 0.3 is 0 Å². The number of imidazole rings is 1. The van der Waals surface area contributed by atoms with Gasteiger partial charge in [-0.25, -0.2) is 9.97 Å². The number of H-pyrrole nitrogens is 1. The second-order valence-corrected chi connectivity index (χ2v) is 7.91. The maximum absolute atomic E-state index is 5.49. The highest BCUT2D eigenvalue weighted by atomic mass is 16.5. The molecular formula is C24H22N6O. The van der Waals surface area contributed by atoms with E-state index in [1.54, 1.807) is 6.20 Å². The first kappa shape index (κ1) is 18.1. The van der Waals surface area contributed by atoms with Gasteiger partial charge in [0.1, 0.15) is 0 Å². The van der Waals surface area contributed by atoms with E-state index < -0.39 is 0 Å². The van der Waals surface area contributed by atoms with Crippen molar-refractivity contribution in [2.45, 2.75) is 18.8 Å². The molecule has 0 aliphatic carbocycles. The van der Waals surface area contributed by atoms with Crippen molar-refractivity contribution in [1.82, 2.24) is 24.6 Å². The molecule has 0 saturated carbocycles. The third-order valence-electron chi connectivity index (χ3n) is 6.02. The maximum Gasteiger partial charge on any atom is 0.180 e. The third kappa shape index (κ3) is 3.33. The van der Waals surface area contributed by atoms with Gasteiger partial charge in [-0.2, -0.15) is 5.10 Å². The molecule has 2 N–H and O–H groups in total. The Labute approximate surface area is 179 Å². The molecule has 154 valence electrons. The van der Waals surface area contributed by atoms with Crippen LogP contribution in [0.1, 0.15) is 24.3 Å². The summed E-state index contributed by atoms with van der Waals surface area (Å²) in [6.45, 7) is 1.71. The molecule has 0 amide bonds. The lowest BCUT2D eigenvalue weighted by molar-refractivity contribution is 0.0853. The Balaban J connectivity index is 1.35. The number of nitrogens with zero attached hydrogens (tertiary/aromatic N) is 4. The molecule has 0 radical (unpaired) electrons. The van der Waals surface area contributed by atoms with Gasteiger partial charge in [0.15, 0.2) is 11.5 Å². The Morgan fingerprint density at radius 3 is 2.71 bits per heavy atom. The van der Waals surface area contributed by atoms with Crippen molar-refractivity contribution in [3.05, 3.63) is 72.8 Å². The second kappa shape index (κ2) is 7.52. The number of ether oxygens (including phenoxy) is 1. The van der Waals surface area contributed by atoms with E-state index in [2.05, 4.69) is 61.3 Å². The van der Waals surface area contributed by atoms with Crippen LogP contribution < -0.4 is 5.32 Å². The first-order valence-corrected chi connectivity index (χ1v) is 10.6. The summed E-state index contributed by atoms with van der Waals surface area (Å²) < 4.78 is 7.56. The zero-order chi connectivity index (χ0) is 20.6. The lowest BCUT2D eigenvalue weighted by Crippen LogP contribution is -2.13. The van der Waals surface area contributed by atoms with Crippen molar-refractivity contribution in [2.75, 3.05) is 18.5 Å². The summed E-state index contributed by atoms with van der Waals surface area (Å²) in [5.74, 6) is 1.33. The van der Waals surface area contributed by atoms with Gasteiger partial charge in [-0.05, 0) is 54.2 Å². The molecule has 31 heavy (non-hydrogen) atoms. The number of anilines is 2. The lowest BCUT2D eigenvalue weighted by atomic mass is 9.92. The predicted molar refractivity (Wildman–Crippen MR) is 121 cm³/mol. The van der Waals surface area contributed by atoms with E-state index in [9.17, 15) is 0 Å². The fraction of sp³-hybridized carbons (Fsp3) is 0.208. The van der Waals surface area contributed by atoms with Crippen LogP contribution in [-0.2, 0) is 4.74 Å². The standard InChI is InChI=1S/C24H22N6O/c1-4-20(5-2-16(1)17-7-11-31-12-8-17)28-23-24-25-9-10-30(24)22-13-18(3-6-21(22)29-23)19-14-26-27-15-19/h1-6,9-10,13-15,17H,7-8,11-12H2,(H,26,27)(H,28,29). The molecule has 2 aromatic carbocycles. The minimum Gasteiger partial charge on any atom is -0.381 e. The van der Waals surface area contributed by atoms with Crippen LogP contribution in [0.15, 0.2) is 67.3 Å². The predicted octanol–water partition coefficient (Wildman–Crippen LogP) is 4.91. The lowest BCUT2D eigenvalue weighted by Gasteiger charge is -2.22. The quantitative estimate of drug-likeness (QED) is 0.440. The van der Waals surface area contributed by atoms with Gasteiger partial charge in [0.05, 0.1) is 17.2 Å². The molecule has 1 saturated heterocycles. The van der Waals surface area contributed by atoms with E-state index in [-0.39, 0.29) is 0 Å². The topological polar surface area (TPSA) is 80.1 Å². The number of hydrogen-bond donors (Lipinski definition) is 2. The van der Waals surface area contributed by atoms with Crippen molar-refractivity contribution in [3.63, 3.8) is 0 Å². The molecule has 1 fully saturated rings. The second-order valence-electron chi connectivity index (χ2n) is 7.91. The van der Waals surface area contributed by atoms with Crippen LogP contribution in [-0.4, -0.2) is 37.8 Å². The average molecular weight is 410 g/mol. The van der Waals surface area contributed by atoms with Crippen molar-refractivity contribution in [2.24, 2.45) is 0 Å². The van der Waals surface area contributed by atoms with Gasteiger partial charge in [-0.1, -0.05) is 18.2 Å². The zero-order valence-corrected chi connectivity index (χ0v) is 17.0. The van der Waals surface area contributed by atoms with Gasteiger partial charge in [-0.15, -0.1) is 0 Å². The summed E-state index contributed by atoms with van der Waals surface area (Å²) in [5.41, 5.74) is 7.21. The largest absolute Gasteiger partial charge is 0.381 e. The summed E-state index contributed by atoms with van der Waals surface area (Å²) >= 11 is 0. The Bertz CT molecular complexity index is 1330. The first-order valence-electron chi connectivity index (χ1n) is 10.6. The summed E-state index contributed by atoms with van der Waals surface area (Å²) in [7, 11) is 0. The zero-order valence-electron chi connectivity index (χ0n) is 17.0. The Kier molecular flexibility index (Phi) is 4.39. The van der Waals surface area contributed by atoms with Crippen LogP contribution in [0.25, 0.3) is 27.8 Å². The first-order chi connectivity index (χ1) is 15.3. The number of fused-ring (bicyclic) bond motifs is 3. The number of hydrogen-bond acceptors (Lipinski definition) is 5.